The molecular weight excluding hydrogens is 208 g/mol. The van der Waals surface area contributed by atoms with E-state index in [9.17, 15) is 5.11 Å². The third kappa shape index (κ3) is 4.62. The molecule has 1 heteroatoms. The van der Waals surface area contributed by atoms with Crippen LogP contribution in [0.2, 0.25) is 0 Å². The minimum absolute atomic E-state index is 0.0834. The molecule has 0 aromatic carbocycles. The van der Waals surface area contributed by atoms with Crippen LogP contribution in [0.1, 0.15) is 73.1 Å². The standard InChI is InChI=1S/C16H32O/c1-12(2)11-14(17)8-9-15-13(3)7-6-10-16(15,4)5/h12-15,17H,6-11H2,1-5H3/t13-,14?,15?/m0/s1. The van der Waals surface area contributed by atoms with E-state index < -0.39 is 0 Å². The lowest BCUT2D eigenvalue weighted by molar-refractivity contribution is 0.0536. The predicted octanol–water partition coefficient (Wildman–Crippen LogP) is 4.64. The molecular formula is C16H32O. The first-order valence-electron chi connectivity index (χ1n) is 7.51. The lowest BCUT2D eigenvalue weighted by Gasteiger charge is -2.43. The summed E-state index contributed by atoms with van der Waals surface area (Å²) >= 11 is 0. The lowest BCUT2D eigenvalue weighted by Crippen LogP contribution is -2.34. The Bertz CT molecular complexity index is 220. The minimum atomic E-state index is -0.0834. The molecule has 102 valence electrons. The van der Waals surface area contributed by atoms with Crippen LogP contribution in [-0.2, 0) is 0 Å². The van der Waals surface area contributed by atoms with Crippen LogP contribution in [0.15, 0.2) is 0 Å². The van der Waals surface area contributed by atoms with Crippen LogP contribution in [0.4, 0.5) is 0 Å². The smallest absolute Gasteiger partial charge is 0.0542 e. The topological polar surface area (TPSA) is 20.2 Å². The summed E-state index contributed by atoms with van der Waals surface area (Å²) in [6, 6.07) is 0. The second kappa shape index (κ2) is 6.22. The van der Waals surface area contributed by atoms with Crippen molar-refractivity contribution >= 4 is 0 Å². The van der Waals surface area contributed by atoms with Gasteiger partial charge in [-0.3, -0.25) is 0 Å². The van der Waals surface area contributed by atoms with Crippen molar-refractivity contribution in [2.24, 2.45) is 23.2 Å². The fraction of sp³-hybridized carbons (Fsp3) is 1.00. The van der Waals surface area contributed by atoms with Gasteiger partial charge >= 0.3 is 0 Å². The van der Waals surface area contributed by atoms with Crippen LogP contribution in [0.3, 0.4) is 0 Å². The summed E-state index contributed by atoms with van der Waals surface area (Å²) in [5.41, 5.74) is 0.481. The first-order chi connectivity index (χ1) is 7.83. The van der Waals surface area contributed by atoms with Crippen molar-refractivity contribution in [2.45, 2.75) is 79.2 Å². The van der Waals surface area contributed by atoms with Gasteiger partial charge < -0.3 is 5.11 Å². The molecule has 1 fully saturated rings. The summed E-state index contributed by atoms with van der Waals surface area (Å²) < 4.78 is 0. The Balaban J connectivity index is 2.43. The molecule has 0 radical (unpaired) electrons. The zero-order valence-corrected chi connectivity index (χ0v) is 12.5. The third-order valence-electron chi connectivity index (χ3n) is 4.73. The van der Waals surface area contributed by atoms with Crippen molar-refractivity contribution in [1.29, 1.82) is 0 Å². The molecule has 0 bridgehead atoms. The summed E-state index contributed by atoms with van der Waals surface area (Å²) in [5, 5.41) is 10.0. The Morgan fingerprint density at radius 1 is 1.29 bits per heavy atom. The SMILES string of the molecule is CC(C)CC(O)CCC1[C@@H](C)CCCC1(C)C. The average molecular weight is 240 g/mol. The number of aliphatic hydroxyl groups excluding tert-OH is 1. The van der Waals surface area contributed by atoms with E-state index in [4.69, 9.17) is 0 Å². The summed E-state index contributed by atoms with van der Waals surface area (Å²) in [4.78, 5) is 0. The highest BCUT2D eigenvalue weighted by Gasteiger charge is 2.36. The van der Waals surface area contributed by atoms with E-state index in [0.29, 0.717) is 11.3 Å². The lowest BCUT2D eigenvalue weighted by atomic mass is 9.62. The van der Waals surface area contributed by atoms with Crippen molar-refractivity contribution in [3.63, 3.8) is 0 Å². The van der Waals surface area contributed by atoms with Gasteiger partial charge in [-0.25, -0.2) is 0 Å². The van der Waals surface area contributed by atoms with E-state index >= 15 is 0 Å². The van der Waals surface area contributed by atoms with Gasteiger partial charge in [0.15, 0.2) is 0 Å². The third-order valence-corrected chi connectivity index (χ3v) is 4.73. The Labute approximate surface area is 108 Å². The van der Waals surface area contributed by atoms with E-state index in [1.807, 2.05) is 0 Å². The van der Waals surface area contributed by atoms with E-state index in [1.165, 1.54) is 25.7 Å². The highest BCUT2D eigenvalue weighted by Crippen LogP contribution is 2.46. The van der Waals surface area contributed by atoms with Gasteiger partial charge in [0.2, 0.25) is 0 Å². The second-order valence-electron chi connectivity index (χ2n) is 7.33. The second-order valence-corrected chi connectivity index (χ2v) is 7.33. The number of hydrogen-bond donors (Lipinski definition) is 1. The van der Waals surface area contributed by atoms with Crippen LogP contribution in [0.25, 0.3) is 0 Å². The van der Waals surface area contributed by atoms with Gasteiger partial charge in [0.05, 0.1) is 6.10 Å². The molecule has 1 N–H and O–H groups in total. The summed E-state index contributed by atoms with van der Waals surface area (Å²) in [7, 11) is 0. The van der Waals surface area contributed by atoms with E-state index in [0.717, 1.165) is 24.7 Å². The van der Waals surface area contributed by atoms with Gasteiger partial charge in [0.1, 0.15) is 0 Å². The molecule has 1 aliphatic rings. The molecule has 0 heterocycles. The van der Waals surface area contributed by atoms with E-state index in [1.54, 1.807) is 0 Å². The van der Waals surface area contributed by atoms with Crippen LogP contribution in [0.5, 0.6) is 0 Å². The largest absolute Gasteiger partial charge is 0.393 e. The minimum Gasteiger partial charge on any atom is -0.393 e. The first-order valence-corrected chi connectivity index (χ1v) is 7.51. The zero-order chi connectivity index (χ0) is 13.1. The van der Waals surface area contributed by atoms with Crippen LogP contribution < -0.4 is 0 Å². The number of aliphatic hydroxyl groups is 1. The van der Waals surface area contributed by atoms with Crippen molar-refractivity contribution in [3.8, 4) is 0 Å². The molecule has 0 spiro atoms. The van der Waals surface area contributed by atoms with Gasteiger partial charge in [0, 0.05) is 0 Å². The Morgan fingerprint density at radius 3 is 2.47 bits per heavy atom. The van der Waals surface area contributed by atoms with Crippen LogP contribution >= 0.6 is 0 Å². The maximum atomic E-state index is 10.0. The molecule has 0 aromatic rings. The Kier molecular flexibility index (Phi) is 5.50. The van der Waals surface area contributed by atoms with Gasteiger partial charge in [-0.15, -0.1) is 0 Å². The molecule has 1 saturated carbocycles. The summed E-state index contributed by atoms with van der Waals surface area (Å²) in [5.74, 6) is 2.25. The molecule has 0 amide bonds. The predicted molar refractivity (Wildman–Crippen MR) is 75.0 cm³/mol. The summed E-state index contributed by atoms with van der Waals surface area (Å²) in [6.07, 6.45) is 7.22. The van der Waals surface area contributed by atoms with E-state index in [2.05, 4.69) is 34.6 Å². The average Bonchev–Trinajstić information content (AvgIpc) is 2.14. The zero-order valence-electron chi connectivity index (χ0n) is 12.5. The normalized spacial score (nSPS) is 30.5. The van der Waals surface area contributed by atoms with Gasteiger partial charge in [-0.2, -0.15) is 0 Å². The molecule has 3 atom stereocenters. The van der Waals surface area contributed by atoms with Gasteiger partial charge in [0.25, 0.3) is 0 Å². The molecule has 0 aromatic heterocycles. The van der Waals surface area contributed by atoms with Gasteiger partial charge in [-0.05, 0) is 48.9 Å². The molecule has 1 aliphatic carbocycles. The molecule has 2 unspecified atom stereocenters. The van der Waals surface area contributed by atoms with Crippen LogP contribution in [0, 0.1) is 23.2 Å². The van der Waals surface area contributed by atoms with E-state index in [-0.39, 0.29) is 6.10 Å². The fourth-order valence-electron chi connectivity index (χ4n) is 3.75. The maximum Gasteiger partial charge on any atom is 0.0542 e. The molecule has 0 aliphatic heterocycles. The highest BCUT2D eigenvalue weighted by atomic mass is 16.3. The monoisotopic (exact) mass is 240 g/mol. The molecule has 17 heavy (non-hydrogen) atoms. The Hall–Kier alpha value is -0.0400. The first kappa shape index (κ1) is 15.0. The maximum absolute atomic E-state index is 10.0. The Morgan fingerprint density at radius 2 is 1.94 bits per heavy atom. The molecule has 0 saturated heterocycles. The van der Waals surface area contributed by atoms with Crippen molar-refractivity contribution < 1.29 is 5.11 Å². The number of hydrogen-bond acceptors (Lipinski definition) is 1. The van der Waals surface area contributed by atoms with Crippen LogP contribution in [-0.4, -0.2) is 11.2 Å². The van der Waals surface area contributed by atoms with Crippen molar-refractivity contribution in [1.82, 2.24) is 0 Å². The molecule has 1 nitrogen and oxygen atoms in total. The molecule has 1 rings (SSSR count). The quantitative estimate of drug-likeness (QED) is 0.742. The highest BCUT2D eigenvalue weighted by molar-refractivity contribution is 4.86. The summed E-state index contributed by atoms with van der Waals surface area (Å²) in [6.45, 7) is 11.6. The number of rotatable bonds is 5. The van der Waals surface area contributed by atoms with Gasteiger partial charge in [-0.1, -0.05) is 47.5 Å². The fourth-order valence-corrected chi connectivity index (χ4v) is 3.75. The van der Waals surface area contributed by atoms with Crippen molar-refractivity contribution in [3.05, 3.63) is 0 Å². The van der Waals surface area contributed by atoms with Crippen molar-refractivity contribution in [2.75, 3.05) is 0 Å².